The number of fused-ring (bicyclic) bond motifs is 1. The lowest BCUT2D eigenvalue weighted by Gasteiger charge is -2.13. The fraction of sp³-hybridized carbons (Fsp3) is 0.276. The Labute approximate surface area is 206 Å². The molecule has 0 aliphatic heterocycles. The van der Waals surface area contributed by atoms with Crippen molar-refractivity contribution >= 4 is 11.6 Å². The third kappa shape index (κ3) is 5.96. The van der Waals surface area contributed by atoms with Gasteiger partial charge in [0.1, 0.15) is 12.4 Å². The molecule has 0 unspecified atom stereocenters. The predicted molar refractivity (Wildman–Crippen MR) is 137 cm³/mol. The summed E-state index contributed by atoms with van der Waals surface area (Å²) in [6, 6.07) is 20.1. The molecule has 1 atom stereocenters. The lowest BCUT2D eigenvalue weighted by atomic mass is 9.96. The monoisotopic (exact) mass is 469 g/mol. The average molecular weight is 470 g/mol. The maximum Gasteiger partial charge on any atom is 0.306 e. The van der Waals surface area contributed by atoms with Crippen LogP contribution in [0.4, 0.5) is 0 Å². The van der Waals surface area contributed by atoms with E-state index in [2.05, 4.69) is 54.8 Å². The number of ether oxygens (including phenoxy) is 2. The van der Waals surface area contributed by atoms with E-state index >= 15 is 0 Å². The van der Waals surface area contributed by atoms with Crippen LogP contribution in [0.1, 0.15) is 55.7 Å². The van der Waals surface area contributed by atoms with Gasteiger partial charge < -0.3 is 9.47 Å². The number of allylic oxidation sites excluding steroid dienone is 1. The van der Waals surface area contributed by atoms with Gasteiger partial charge in [0, 0.05) is 23.2 Å². The molecule has 4 rings (SSSR count). The Kier molecular flexibility index (Phi) is 7.60. The molecule has 0 radical (unpaired) electrons. The van der Waals surface area contributed by atoms with E-state index in [-0.39, 0.29) is 18.3 Å². The summed E-state index contributed by atoms with van der Waals surface area (Å²) in [5, 5.41) is 4.65. The Morgan fingerprint density at radius 3 is 2.40 bits per heavy atom. The molecule has 0 N–H and O–H groups in total. The Hall–Kier alpha value is -3.93. The van der Waals surface area contributed by atoms with E-state index in [1.165, 1.54) is 5.56 Å². The first-order valence-corrected chi connectivity index (χ1v) is 11.9. The van der Waals surface area contributed by atoms with Crippen molar-refractivity contribution in [2.75, 3.05) is 6.61 Å². The smallest absolute Gasteiger partial charge is 0.306 e. The van der Waals surface area contributed by atoms with Crippen molar-refractivity contribution in [3.8, 4) is 17.1 Å². The Balaban J connectivity index is 1.41. The molecule has 0 amide bonds. The number of hydrogen-bond acceptors (Lipinski definition) is 5. The number of rotatable bonds is 10. The van der Waals surface area contributed by atoms with Crippen LogP contribution < -0.4 is 4.74 Å². The van der Waals surface area contributed by atoms with E-state index in [1.54, 1.807) is 17.5 Å². The molecule has 0 saturated heterocycles. The van der Waals surface area contributed by atoms with Crippen LogP contribution in [0.5, 0.6) is 5.75 Å². The molecule has 6 nitrogen and oxygen atoms in total. The third-order valence-electron chi connectivity index (χ3n) is 5.92. The SMILES string of the molecule is C=C[C@@H](CC(=O)OCC)c1ccc(OCc2ccc3nc(-c4ccc(C(C)C)cc4)nn3c2)cc1. The van der Waals surface area contributed by atoms with E-state index in [0.717, 1.165) is 28.1 Å². The van der Waals surface area contributed by atoms with Crippen molar-refractivity contribution in [2.45, 2.75) is 45.6 Å². The van der Waals surface area contributed by atoms with Gasteiger partial charge >= 0.3 is 5.97 Å². The lowest BCUT2D eigenvalue weighted by Crippen LogP contribution is -2.09. The topological polar surface area (TPSA) is 65.7 Å². The molecular weight excluding hydrogens is 438 g/mol. The minimum atomic E-state index is -0.225. The molecule has 180 valence electrons. The van der Waals surface area contributed by atoms with Crippen LogP contribution in [0.25, 0.3) is 17.0 Å². The van der Waals surface area contributed by atoms with Gasteiger partial charge in [0.2, 0.25) is 0 Å². The normalized spacial score (nSPS) is 12.0. The Morgan fingerprint density at radius 1 is 1.03 bits per heavy atom. The molecule has 0 fully saturated rings. The quantitative estimate of drug-likeness (QED) is 0.201. The molecule has 0 saturated carbocycles. The number of aromatic nitrogens is 3. The van der Waals surface area contributed by atoms with Crippen molar-refractivity contribution in [1.29, 1.82) is 0 Å². The van der Waals surface area contributed by atoms with E-state index < -0.39 is 0 Å². The molecule has 0 bridgehead atoms. The molecule has 35 heavy (non-hydrogen) atoms. The highest BCUT2D eigenvalue weighted by Gasteiger charge is 2.14. The van der Waals surface area contributed by atoms with Crippen LogP contribution in [-0.4, -0.2) is 27.2 Å². The summed E-state index contributed by atoms with van der Waals surface area (Å²) in [6.07, 6.45) is 3.99. The van der Waals surface area contributed by atoms with Crippen LogP contribution in [0, 0.1) is 0 Å². The van der Waals surface area contributed by atoms with Crippen molar-refractivity contribution in [1.82, 2.24) is 14.6 Å². The van der Waals surface area contributed by atoms with Crippen molar-refractivity contribution in [2.24, 2.45) is 0 Å². The second-order valence-electron chi connectivity index (χ2n) is 8.76. The summed E-state index contributed by atoms with van der Waals surface area (Å²) in [4.78, 5) is 16.5. The van der Waals surface area contributed by atoms with Crippen LogP contribution in [0.2, 0.25) is 0 Å². The zero-order valence-corrected chi connectivity index (χ0v) is 20.5. The average Bonchev–Trinajstić information content (AvgIpc) is 3.30. The van der Waals surface area contributed by atoms with Gasteiger partial charge in [0.25, 0.3) is 0 Å². The lowest BCUT2D eigenvalue weighted by molar-refractivity contribution is -0.143. The fourth-order valence-corrected chi connectivity index (χ4v) is 3.87. The molecule has 4 aromatic rings. The first-order valence-electron chi connectivity index (χ1n) is 11.9. The van der Waals surface area contributed by atoms with E-state index in [0.29, 0.717) is 25.0 Å². The first-order chi connectivity index (χ1) is 17.0. The third-order valence-corrected chi connectivity index (χ3v) is 5.92. The van der Waals surface area contributed by atoms with E-state index in [9.17, 15) is 4.79 Å². The Morgan fingerprint density at radius 2 is 1.74 bits per heavy atom. The van der Waals surface area contributed by atoms with Gasteiger partial charge in [-0.15, -0.1) is 11.7 Å². The highest BCUT2D eigenvalue weighted by Crippen LogP contribution is 2.25. The van der Waals surface area contributed by atoms with Gasteiger partial charge in [-0.1, -0.05) is 62.4 Å². The van der Waals surface area contributed by atoms with E-state index in [4.69, 9.17) is 9.47 Å². The summed E-state index contributed by atoms with van der Waals surface area (Å²) in [5.41, 5.74) is 5.07. The number of nitrogens with zero attached hydrogens (tertiary/aromatic N) is 3. The number of carbonyl (C=O) groups is 1. The zero-order valence-electron chi connectivity index (χ0n) is 20.5. The second-order valence-corrected chi connectivity index (χ2v) is 8.76. The molecule has 2 aromatic carbocycles. The maximum atomic E-state index is 11.8. The summed E-state index contributed by atoms with van der Waals surface area (Å²) in [6.45, 7) is 10.8. The molecule has 2 heterocycles. The van der Waals surface area contributed by atoms with Gasteiger partial charge in [-0.05, 0) is 42.2 Å². The molecule has 2 aromatic heterocycles. The van der Waals surface area contributed by atoms with Crippen molar-refractivity contribution < 1.29 is 14.3 Å². The number of esters is 1. The summed E-state index contributed by atoms with van der Waals surface area (Å²) in [7, 11) is 0. The van der Waals surface area contributed by atoms with Gasteiger partial charge in [-0.3, -0.25) is 4.79 Å². The van der Waals surface area contributed by atoms with Gasteiger partial charge in [-0.25, -0.2) is 9.50 Å². The fourth-order valence-electron chi connectivity index (χ4n) is 3.87. The molecule has 0 aliphatic carbocycles. The van der Waals surface area contributed by atoms with Crippen LogP contribution in [0.3, 0.4) is 0 Å². The highest BCUT2D eigenvalue weighted by molar-refractivity contribution is 5.71. The largest absolute Gasteiger partial charge is 0.489 e. The van der Waals surface area contributed by atoms with Crippen LogP contribution in [0.15, 0.2) is 79.5 Å². The molecule has 6 heteroatoms. The van der Waals surface area contributed by atoms with Gasteiger partial charge in [0.05, 0.1) is 13.0 Å². The predicted octanol–water partition coefficient (Wildman–Crippen LogP) is 6.32. The minimum Gasteiger partial charge on any atom is -0.489 e. The highest BCUT2D eigenvalue weighted by atomic mass is 16.5. The molecule has 0 spiro atoms. The maximum absolute atomic E-state index is 11.8. The molecule has 0 aliphatic rings. The van der Waals surface area contributed by atoms with Crippen LogP contribution in [-0.2, 0) is 16.1 Å². The van der Waals surface area contributed by atoms with Gasteiger partial charge in [0.15, 0.2) is 11.5 Å². The summed E-state index contributed by atoms with van der Waals surface area (Å²) in [5.74, 6) is 1.63. The van der Waals surface area contributed by atoms with Crippen molar-refractivity contribution in [3.05, 3.63) is 96.2 Å². The number of hydrogen-bond donors (Lipinski definition) is 0. The minimum absolute atomic E-state index is 0.0893. The second kappa shape index (κ2) is 11.0. The van der Waals surface area contributed by atoms with Crippen molar-refractivity contribution in [3.63, 3.8) is 0 Å². The Bertz CT molecular complexity index is 1290. The van der Waals surface area contributed by atoms with Crippen LogP contribution >= 0.6 is 0 Å². The molecular formula is C29H31N3O3. The number of carbonyl (C=O) groups excluding carboxylic acids is 1. The number of benzene rings is 2. The number of pyridine rings is 1. The zero-order chi connectivity index (χ0) is 24.8. The van der Waals surface area contributed by atoms with E-state index in [1.807, 2.05) is 42.6 Å². The first kappa shape index (κ1) is 24.2. The standard InChI is InChI=1S/C29H31N3O3/c1-5-22(17-28(33)34-6-2)24-12-14-26(15-13-24)35-19-21-7-16-27-30-29(31-32(27)18-21)25-10-8-23(9-11-25)20(3)4/h5,7-16,18,20,22H,1,6,17,19H2,2-4H3/t22-/m0/s1. The van der Waals surface area contributed by atoms with Gasteiger partial charge in [-0.2, -0.15) is 0 Å². The summed E-state index contributed by atoms with van der Waals surface area (Å²) >= 11 is 0. The summed E-state index contributed by atoms with van der Waals surface area (Å²) < 4.78 is 12.8.